The first kappa shape index (κ1) is 17.1. The lowest BCUT2D eigenvalue weighted by Gasteiger charge is -2.11. The van der Waals surface area contributed by atoms with Gasteiger partial charge >= 0.3 is 0 Å². The number of aryl methyl sites for hydroxylation is 1. The van der Waals surface area contributed by atoms with Gasteiger partial charge in [-0.1, -0.05) is 43.2 Å². The molecule has 1 heterocycles. The second-order valence-corrected chi connectivity index (χ2v) is 6.23. The second kappa shape index (κ2) is 7.43. The number of benzene rings is 2. The van der Waals surface area contributed by atoms with Crippen molar-refractivity contribution in [1.29, 1.82) is 0 Å². The van der Waals surface area contributed by atoms with Crippen molar-refractivity contribution in [3.63, 3.8) is 0 Å². The smallest absolute Gasteiger partial charge is 0.234 e. The monoisotopic (exact) mass is 336 g/mol. The van der Waals surface area contributed by atoms with Crippen LogP contribution in [0, 0.1) is 6.92 Å². The Labute approximate surface area is 148 Å². The SMILES string of the molecule is CCCCc1c(O)nn(-c2ccc(OC)cc2)c1-c1ccc(C)cc1. The van der Waals surface area contributed by atoms with Gasteiger partial charge in [0.05, 0.1) is 18.5 Å². The van der Waals surface area contributed by atoms with Gasteiger partial charge < -0.3 is 9.84 Å². The van der Waals surface area contributed by atoms with Gasteiger partial charge in [0.15, 0.2) is 0 Å². The van der Waals surface area contributed by atoms with Gasteiger partial charge in [0, 0.05) is 11.1 Å². The summed E-state index contributed by atoms with van der Waals surface area (Å²) >= 11 is 0. The number of aromatic nitrogens is 2. The molecule has 0 amide bonds. The number of unbranched alkanes of at least 4 members (excludes halogenated alkanes) is 1. The summed E-state index contributed by atoms with van der Waals surface area (Å²) in [6, 6.07) is 16.0. The third-order valence-corrected chi connectivity index (χ3v) is 4.38. The number of hydrogen-bond donors (Lipinski definition) is 1. The van der Waals surface area contributed by atoms with Crippen molar-refractivity contribution in [3.8, 4) is 28.6 Å². The Balaban J connectivity index is 2.14. The van der Waals surface area contributed by atoms with E-state index in [0.717, 1.165) is 47.5 Å². The molecule has 0 aliphatic heterocycles. The van der Waals surface area contributed by atoms with Crippen LogP contribution in [0.5, 0.6) is 11.6 Å². The van der Waals surface area contributed by atoms with Crippen LogP contribution in [-0.2, 0) is 6.42 Å². The van der Waals surface area contributed by atoms with E-state index in [0.29, 0.717) is 0 Å². The molecule has 0 radical (unpaired) electrons. The van der Waals surface area contributed by atoms with Gasteiger partial charge in [0.25, 0.3) is 0 Å². The van der Waals surface area contributed by atoms with Gasteiger partial charge in [-0.15, -0.1) is 5.10 Å². The lowest BCUT2D eigenvalue weighted by atomic mass is 10.0. The maximum absolute atomic E-state index is 10.5. The molecular weight excluding hydrogens is 312 g/mol. The van der Waals surface area contributed by atoms with Gasteiger partial charge in [0.1, 0.15) is 5.75 Å². The molecule has 0 unspecified atom stereocenters. The zero-order valence-electron chi connectivity index (χ0n) is 15.0. The first-order chi connectivity index (χ1) is 12.1. The van der Waals surface area contributed by atoms with Crippen molar-refractivity contribution in [3.05, 3.63) is 59.7 Å². The molecule has 0 bridgehead atoms. The van der Waals surface area contributed by atoms with E-state index in [-0.39, 0.29) is 5.88 Å². The van der Waals surface area contributed by atoms with Crippen LogP contribution < -0.4 is 4.74 Å². The number of rotatable bonds is 6. The summed E-state index contributed by atoms with van der Waals surface area (Å²) in [5, 5.41) is 14.9. The molecule has 3 aromatic rings. The Morgan fingerprint density at radius 1 is 1.04 bits per heavy atom. The van der Waals surface area contributed by atoms with Gasteiger partial charge in [-0.3, -0.25) is 0 Å². The van der Waals surface area contributed by atoms with E-state index in [4.69, 9.17) is 4.74 Å². The highest BCUT2D eigenvalue weighted by Gasteiger charge is 2.19. The summed E-state index contributed by atoms with van der Waals surface area (Å²) in [5.41, 5.74) is 5.02. The average Bonchev–Trinajstić information content (AvgIpc) is 2.97. The topological polar surface area (TPSA) is 47.3 Å². The van der Waals surface area contributed by atoms with E-state index >= 15 is 0 Å². The van der Waals surface area contributed by atoms with E-state index in [1.165, 1.54) is 5.56 Å². The van der Waals surface area contributed by atoms with Crippen LogP contribution in [0.2, 0.25) is 0 Å². The third-order valence-electron chi connectivity index (χ3n) is 4.38. The highest BCUT2D eigenvalue weighted by Crippen LogP contribution is 2.34. The first-order valence-corrected chi connectivity index (χ1v) is 8.66. The molecule has 2 aromatic carbocycles. The quantitative estimate of drug-likeness (QED) is 0.696. The van der Waals surface area contributed by atoms with E-state index in [1.54, 1.807) is 7.11 Å². The second-order valence-electron chi connectivity index (χ2n) is 6.23. The van der Waals surface area contributed by atoms with Crippen LogP contribution >= 0.6 is 0 Å². The molecule has 25 heavy (non-hydrogen) atoms. The van der Waals surface area contributed by atoms with Crippen LogP contribution in [0.1, 0.15) is 30.9 Å². The van der Waals surface area contributed by atoms with Crippen LogP contribution in [0.4, 0.5) is 0 Å². The minimum atomic E-state index is 0.111. The number of aromatic hydroxyl groups is 1. The van der Waals surface area contributed by atoms with Gasteiger partial charge in [-0.05, 0) is 44.0 Å². The van der Waals surface area contributed by atoms with E-state index in [9.17, 15) is 5.11 Å². The van der Waals surface area contributed by atoms with Gasteiger partial charge in [-0.2, -0.15) is 0 Å². The largest absolute Gasteiger partial charge is 0.497 e. The average molecular weight is 336 g/mol. The predicted molar refractivity (Wildman–Crippen MR) is 101 cm³/mol. The van der Waals surface area contributed by atoms with Crippen molar-refractivity contribution in [2.75, 3.05) is 7.11 Å². The lowest BCUT2D eigenvalue weighted by Crippen LogP contribution is -2.00. The zero-order valence-corrected chi connectivity index (χ0v) is 15.0. The Bertz CT molecular complexity index is 834. The number of methoxy groups -OCH3 is 1. The predicted octanol–water partition coefficient (Wildman–Crippen LogP) is 4.90. The molecule has 0 spiro atoms. The Hall–Kier alpha value is -2.75. The van der Waals surface area contributed by atoms with Crippen molar-refractivity contribution >= 4 is 0 Å². The summed E-state index contributed by atoms with van der Waals surface area (Å²) in [6.07, 6.45) is 2.89. The first-order valence-electron chi connectivity index (χ1n) is 8.66. The molecule has 0 saturated carbocycles. The summed E-state index contributed by atoms with van der Waals surface area (Å²) in [6.45, 7) is 4.22. The van der Waals surface area contributed by atoms with Crippen LogP contribution in [-0.4, -0.2) is 22.0 Å². The third kappa shape index (κ3) is 3.53. The van der Waals surface area contributed by atoms with Crippen LogP contribution in [0.25, 0.3) is 16.9 Å². The summed E-state index contributed by atoms with van der Waals surface area (Å²) in [5.74, 6) is 0.906. The Morgan fingerprint density at radius 2 is 1.72 bits per heavy atom. The fraction of sp³-hybridized carbons (Fsp3) is 0.286. The molecule has 0 aliphatic rings. The fourth-order valence-electron chi connectivity index (χ4n) is 2.94. The molecule has 4 nitrogen and oxygen atoms in total. The maximum Gasteiger partial charge on any atom is 0.234 e. The van der Waals surface area contributed by atoms with E-state index in [2.05, 4.69) is 43.2 Å². The molecular formula is C21H24N2O2. The maximum atomic E-state index is 10.5. The molecule has 0 saturated heterocycles. The molecule has 130 valence electrons. The fourth-order valence-corrected chi connectivity index (χ4v) is 2.94. The Kier molecular flexibility index (Phi) is 5.08. The normalized spacial score (nSPS) is 10.8. The van der Waals surface area contributed by atoms with Crippen LogP contribution in [0.15, 0.2) is 48.5 Å². The van der Waals surface area contributed by atoms with Crippen molar-refractivity contribution in [1.82, 2.24) is 9.78 Å². The molecule has 0 fully saturated rings. The Morgan fingerprint density at radius 3 is 2.32 bits per heavy atom. The summed E-state index contributed by atoms with van der Waals surface area (Å²) in [4.78, 5) is 0. The zero-order chi connectivity index (χ0) is 17.8. The number of nitrogens with zero attached hydrogens (tertiary/aromatic N) is 2. The molecule has 0 atom stereocenters. The standard InChI is InChI=1S/C21H24N2O2/c1-4-5-6-19-20(16-9-7-15(2)8-10-16)23(22-21(19)24)17-11-13-18(25-3)14-12-17/h7-14H,4-6H2,1-3H3,(H,22,24). The molecule has 0 aliphatic carbocycles. The van der Waals surface area contributed by atoms with E-state index < -0.39 is 0 Å². The minimum Gasteiger partial charge on any atom is -0.497 e. The molecule has 3 rings (SSSR count). The highest BCUT2D eigenvalue weighted by atomic mass is 16.5. The van der Waals surface area contributed by atoms with Crippen LogP contribution in [0.3, 0.4) is 0 Å². The van der Waals surface area contributed by atoms with Crippen molar-refractivity contribution < 1.29 is 9.84 Å². The summed E-state index contributed by atoms with van der Waals surface area (Å²) in [7, 11) is 1.65. The number of hydrogen-bond acceptors (Lipinski definition) is 3. The highest BCUT2D eigenvalue weighted by molar-refractivity contribution is 5.68. The molecule has 4 heteroatoms. The molecule has 1 N–H and O–H groups in total. The molecule has 1 aromatic heterocycles. The van der Waals surface area contributed by atoms with Gasteiger partial charge in [0.2, 0.25) is 5.88 Å². The minimum absolute atomic E-state index is 0.111. The van der Waals surface area contributed by atoms with Gasteiger partial charge in [-0.25, -0.2) is 4.68 Å². The van der Waals surface area contributed by atoms with Crippen molar-refractivity contribution in [2.45, 2.75) is 33.1 Å². The lowest BCUT2D eigenvalue weighted by molar-refractivity contribution is 0.414. The summed E-state index contributed by atoms with van der Waals surface area (Å²) < 4.78 is 7.06. The van der Waals surface area contributed by atoms with Crippen molar-refractivity contribution in [2.24, 2.45) is 0 Å². The van der Waals surface area contributed by atoms with E-state index in [1.807, 2.05) is 28.9 Å². The number of ether oxygens (including phenoxy) is 1.